The van der Waals surface area contributed by atoms with Gasteiger partial charge >= 0.3 is 5.97 Å². The van der Waals surface area contributed by atoms with E-state index in [2.05, 4.69) is 4.74 Å². The molecule has 1 aliphatic rings. The second kappa shape index (κ2) is 5.11. The summed E-state index contributed by atoms with van der Waals surface area (Å²) in [6.45, 7) is 4.76. The number of ether oxygens (including phenoxy) is 1. The monoisotopic (exact) mass is 317 g/mol. The second-order valence-corrected chi connectivity index (χ2v) is 7.37. The zero-order valence-corrected chi connectivity index (χ0v) is 13.3. The molecule has 0 amide bonds. The largest absolute Gasteiger partial charge is 0.465 e. The van der Waals surface area contributed by atoms with Gasteiger partial charge in [-0.2, -0.15) is 4.31 Å². The van der Waals surface area contributed by atoms with Crippen molar-refractivity contribution in [2.45, 2.75) is 37.7 Å². The van der Waals surface area contributed by atoms with Crippen molar-refractivity contribution in [1.29, 1.82) is 0 Å². The van der Waals surface area contributed by atoms with Gasteiger partial charge in [-0.1, -0.05) is 0 Å². The number of sulfonamides is 1. The molecule has 2 rings (SSSR count). The number of carbonyl (C=O) groups is 1. The Morgan fingerprint density at radius 3 is 2.48 bits per heavy atom. The van der Waals surface area contributed by atoms with E-state index in [1.165, 1.54) is 21.0 Å². The minimum atomic E-state index is -3.93. The molecule has 21 heavy (non-hydrogen) atoms. The van der Waals surface area contributed by atoms with Crippen LogP contribution in [0, 0.1) is 13.8 Å². The molecule has 1 aliphatic heterocycles. The fourth-order valence-corrected chi connectivity index (χ4v) is 4.48. The number of hydrogen-bond acceptors (Lipinski definition) is 6. The molecule has 1 N–H and O–H groups in total. The van der Waals surface area contributed by atoms with E-state index in [4.69, 9.17) is 4.42 Å². The standard InChI is InChI=1S/C13H19NO6S/c1-8-10(12(15)19-4)11(9(2)20-8)21(17,18)14-6-5-13(3,16)7-14/h16H,5-7H2,1-4H3. The van der Waals surface area contributed by atoms with Crippen molar-refractivity contribution in [3.8, 4) is 0 Å². The molecule has 0 aliphatic carbocycles. The summed E-state index contributed by atoms with van der Waals surface area (Å²) in [5, 5.41) is 9.95. The number of rotatable bonds is 3. The highest BCUT2D eigenvalue weighted by Crippen LogP contribution is 2.33. The maximum atomic E-state index is 12.7. The first-order valence-corrected chi connectivity index (χ1v) is 7.95. The Morgan fingerprint density at radius 1 is 1.38 bits per heavy atom. The normalized spacial score (nSPS) is 23.5. The van der Waals surface area contributed by atoms with Gasteiger partial charge in [-0.25, -0.2) is 13.2 Å². The van der Waals surface area contributed by atoms with Crippen molar-refractivity contribution in [3.05, 3.63) is 17.1 Å². The van der Waals surface area contributed by atoms with E-state index in [1.807, 2.05) is 0 Å². The van der Waals surface area contributed by atoms with Crippen LogP contribution in [-0.2, 0) is 14.8 Å². The molecule has 0 spiro atoms. The molecule has 1 aromatic heterocycles. The van der Waals surface area contributed by atoms with Gasteiger partial charge in [0.05, 0.1) is 12.7 Å². The fraction of sp³-hybridized carbons (Fsp3) is 0.615. The van der Waals surface area contributed by atoms with Crippen molar-refractivity contribution in [3.63, 3.8) is 0 Å². The maximum Gasteiger partial charge on any atom is 0.342 e. The number of esters is 1. The summed E-state index contributed by atoms with van der Waals surface area (Å²) in [6.07, 6.45) is 0.343. The molecule has 0 aromatic carbocycles. The maximum absolute atomic E-state index is 12.7. The lowest BCUT2D eigenvalue weighted by atomic mass is 10.1. The molecule has 1 fully saturated rings. The smallest absolute Gasteiger partial charge is 0.342 e. The Morgan fingerprint density at radius 2 is 2.00 bits per heavy atom. The van der Waals surface area contributed by atoms with Crippen molar-refractivity contribution >= 4 is 16.0 Å². The van der Waals surface area contributed by atoms with Crippen LogP contribution in [-0.4, -0.2) is 49.6 Å². The fourth-order valence-electron chi connectivity index (χ4n) is 2.55. The highest BCUT2D eigenvalue weighted by atomic mass is 32.2. The summed E-state index contributed by atoms with van der Waals surface area (Å²) in [5.74, 6) is -0.419. The van der Waals surface area contributed by atoms with Crippen molar-refractivity contribution in [2.24, 2.45) is 0 Å². The molecule has 0 radical (unpaired) electrons. The van der Waals surface area contributed by atoms with Crippen molar-refractivity contribution < 1.29 is 27.5 Å². The van der Waals surface area contributed by atoms with E-state index in [0.29, 0.717) is 6.42 Å². The molecular formula is C13H19NO6S. The Balaban J connectivity index is 2.53. The van der Waals surface area contributed by atoms with Crippen LogP contribution in [0.4, 0.5) is 0 Å². The molecule has 1 atom stereocenters. The van der Waals surface area contributed by atoms with Crippen LogP contribution in [0.25, 0.3) is 0 Å². The lowest BCUT2D eigenvalue weighted by molar-refractivity contribution is 0.0594. The Hall–Kier alpha value is -1.38. The molecular weight excluding hydrogens is 298 g/mol. The van der Waals surface area contributed by atoms with Gasteiger partial charge in [0.15, 0.2) is 0 Å². The van der Waals surface area contributed by atoms with Gasteiger partial charge in [-0.15, -0.1) is 0 Å². The van der Waals surface area contributed by atoms with Gasteiger partial charge in [0, 0.05) is 13.1 Å². The summed E-state index contributed by atoms with van der Waals surface area (Å²) in [4.78, 5) is 11.7. The van der Waals surface area contributed by atoms with Crippen LogP contribution in [0.3, 0.4) is 0 Å². The van der Waals surface area contributed by atoms with Gasteiger partial charge < -0.3 is 14.3 Å². The van der Waals surface area contributed by atoms with Crippen LogP contribution in [0.2, 0.25) is 0 Å². The highest BCUT2D eigenvalue weighted by Gasteiger charge is 2.42. The van der Waals surface area contributed by atoms with E-state index < -0.39 is 21.6 Å². The lowest BCUT2D eigenvalue weighted by Crippen LogP contribution is -2.34. The molecule has 1 aromatic rings. The van der Waals surface area contributed by atoms with E-state index in [0.717, 1.165) is 4.31 Å². The van der Waals surface area contributed by atoms with Crippen molar-refractivity contribution in [1.82, 2.24) is 4.31 Å². The molecule has 1 unspecified atom stereocenters. The predicted molar refractivity (Wildman–Crippen MR) is 73.5 cm³/mol. The van der Waals surface area contributed by atoms with E-state index in [1.54, 1.807) is 6.92 Å². The van der Waals surface area contributed by atoms with Crippen LogP contribution >= 0.6 is 0 Å². The van der Waals surface area contributed by atoms with E-state index >= 15 is 0 Å². The third-order valence-electron chi connectivity index (χ3n) is 3.61. The first-order valence-electron chi connectivity index (χ1n) is 6.51. The second-order valence-electron chi connectivity index (χ2n) is 5.50. The molecule has 8 heteroatoms. The van der Waals surface area contributed by atoms with Gasteiger partial charge in [0.2, 0.25) is 10.0 Å². The number of furan rings is 1. The topological polar surface area (TPSA) is 97.0 Å². The molecule has 1 saturated heterocycles. The minimum Gasteiger partial charge on any atom is -0.465 e. The average molecular weight is 317 g/mol. The number of aliphatic hydroxyl groups is 1. The van der Waals surface area contributed by atoms with Crippen molar-refractivity contribution in [2.75, 3.05) is 20.2 Å². The number of aryl methyl sites for hydroxylation is 2. The highest BCUT2D eigenvalue weighted by molar-refractivity contribution is 7.89. The van der Waals surface area contributed by atoms with Crippen LogP contribution in [0.1, 0.15) is 35.2 Å². The Bertz CT molecular complexity index is 673. The number of β-amino-alcohol motifs (C(OH)–C–C–N with tert-alkyl or cyclic N) is 1. The molecule has 7 nitrogen and oxygen atoms in total. The predicted octanol–water partition coefficient (Wildman–Crippen LogP) is 0.828. The Labute approximate surface area is 123 Å². The first-order chi connectivity index (χ1) is 9.60. The van der Waals surface area contributed by atoms with Crippen LogP contribution < -0.4 is 0 Å². The van der Waals surface area contributed by atoms with Gasteiger partial charge in [0.25, 0.3) is 0 Å². The average Bonchev–Trinajstić information content (AvgIpc) is 2.88. The van der Waals surface area contributed by atoms with Gasteiger partial charge in [-0.05, 0) is 27.2 Å². The number of nitrogens with zero attached hydrogens (tertiary/aromatic N) is 1. The quantitative estimate of drug-likeness (QED) is 0.829. The molecule has 0 bridgehead atoms. The number of methoxy groups -OCH3 is 1. The molecule has 0 saturated carbocycles. The van der Waals surface area contributed by atoms with Crippen LogP contribution in [0.5, 0.6) is 0 Å². The lowest BCUT2D eigenvalue weighted by Gasteiger charge is -2.19. The zero-order chi connectivity index (χ0) is 16.0. The van der Waals surface area contributed by atoms with Gasteiger partial charge in [-0.3, -0.25) is 0 Å². The number of hydrogen-bond donors (Lipinski definition) is 1. The Kier molecular flexibility index (Phi) is 3.90. The summed E-state index contributed by atoms with van der Waals surface area (Å²) in [7, 11) is -2.74. The molecule has 2 heterocycles. The summed E-state index contributed by atoms with van der Waals surface area (Å²) < 4.78 is 36.6. The minimum absolute atomic E-state index is 0.0143. The summed E-state index contributed by atoms with van der Waals surface area (Å²) >= 11 is 0. The van der Waals surface area contributed by atoms with E-state index in [9.17, 15) is 18.3 Å². The first kappa shape index (κ1) is 16.0. The van der Waals surface area contributed by atoms with E-state index in [-0.39, 0.29) is 35.1 Å². The number of carbonyl (C=O) groups excluding carboxylic acids is 1. The third-order valence-corrected chi connectivity index (χ3v) is 5.61. The zero-order valence-electron chi connectivity index (χ0n) is 12.5. The summed E-state index contributed by atoms with van der Waals surface area (Å²) in [6, 6.07) is 0. The third kappa shape index (κ3) is 2.70. The van der Waals surface area contributed by atoms with Crippen LogP contribution in [0.15, 0.2) is 9.31 Å². The summed E-state index contributed by atoms with van der Waals surface area (Å²) in [5.41, 5.74) is -1.15. The SMILES string of the molecule is COC(=O)c1c(C)oc(C)c1S(=O)(=O)N1CCC(C)(O)C1. The van der Waals surface area contributed by atoms with Gasteiger partial charge in [0.1, 0.15) is 22.0 Å². The molecule has 118 valence electrons.